The topological polar surface area (TPSA) is 24.9 Å². The van der Waals surface area contributed by atoms with E-state index in [1.807, 2.05) is 0 Å². The molecule has 0 aliphatic carbocycles. The summed E-state index contributed by atoms with van der Waals surface area (Å²) in [5, 5.41) is 4.87. The Balaban J connectivity index is 2.49. The molecule has 21 heavy (non-hydrogen) atoms. The molecule has 1 heterocycles. The second-order valence-electron chi connectivity index (χ2n) is 6.86. The molecule has 2 nitrogen and oxygen atoms in total. The summed E-state index contributed by atoms with van der Waals surface area (Å²) in [6.07, 6.45) is 0. The second-order valence-corrected chi connectivity index (χ2v) is 6.86. The van der Waals surface area contributed by atoms with Crippen molar-refractivity contribution in [3.63, 3.8) is 0 Å². The van der Waals surface area contributed by atoms with Gasteiger partial charge in [-0.1, -0.05) is 39.3 Å². The normalized spacial score (nSPS) is 11.8. The van der Waals surface area contributed by atoms with Crippen molar-refractivity contribution in [1.29, 1.82) is 0 Å². The van der Waals surface area contributed by atoms with E-state index in [0.29, 0.717) is 11.8 Å². The first-order chi connectivity index (χ1) is 9.88. The fraction of sp³-hybridized carbons (Fsp3) is 0.526. The van der Waals surface area contributed by atoms with Gasteiger partial charge in [0, 0.05) is 17.6 Å². The van der Waals surface area contributed by atoms with Crippen LogP contribution in [-0.2, 0) is 6.54 Å². The molecule has 114 valence electrons. The summed E-state index contributed by atoms with van der Waals surface area (Å²) in [7, 11) is 0. The van der Waals surface area contributed by atoms with Crippen LogP contribution in [0.25, 0.3) is 10.9 Å². The molecule has 2 aromatic rings. The van der Waals surface area contributed by atoms with Gasteiger partial charge in [-0.25, -0.2) is 0 Å². The molecular weight excluding hydrogens is 256 g/mol. The SMILES string of the molecule is Cc1cc(C)c2nc(C(C)C)cc(CNCC(C)C)c2c1. The highest BCUT2D eigenvalue weighted by atomic mass is 14.9. The van der Waals surface area contributed by atoms with E-state index in [4.69, 9.17) is 4.98 Å². The van der Waals surface area contributed by atoms with Crippen molar-refractivity contribution in [3.05, 3.63) is 40.6 Å². The predicted molar refractivity (Wildman–Crippen MR) is 91.9 cm³/mol. The number of pyridine rings is 1. The number of benzene rings is 1. The lowest BCUT2D eigenvalue weighted by molar-refractivity contribution is 0.553. The number of hydrogen-bond acceptors (Lipinski definition) is 2. The Morgan fingerprint density at radius 3 is 2.38 bits per heavy atom. The van der Waals surface area contributed by atoms with Crippen molar-refractivity contribution < 1.29 is 0 Å². The zero-order valence-electron chi connectivity index (χ0n) is 14.2. The Kier molecular flexibility index (Phi) is 5.00. The largest absolute Gasteiger partial charge is 0.312 e. The van der Waals surface area contributed by atoms with Crippen LogP contribution < -0.4 is 5.32 Å². The molecule has 0 bridgehead atoms. The minimum Gasteiger partial charge on any atom is -0.312 e. The molecule has 0 aliphatic rings. The Bertz CT molecular complexity index is 627. The lowest BCUT2D eigenvalue weighted by atomic mass is 9.99. The molecule has 0 atom stereocenters. The highest BCUT2D eigenvalue weighted by Crippen LogP contribution is 2.26. The van der Waals surface area contributed by atoms with Crippen LogP contribution in [0.2, 0.25) is 0 Å². The van der Waals surface area contributed by atoms with E-state index in [2.05, 4.69) is 65.1 Å². The van der Waals surface area contributed by atoms with Crippen molar-refractivity contribution in [2.24, 2.45) is 5.92 Å². The van der Waals surface area contributed by atoms with Crippen LogP contribution in [0.1, 0.15) is 56.0 Å². The van der Waals surface area contributed by atoms with Crippen LogP contribution >= 0.6 is 0 Å². The summed E-state index contributed by atoms with van der Waals surface area (Å²) in [5.74, 6) is 1.13. The zero-order valence-corrected chi connectivity index (χ0v) is 14.2. The number of aromatic nitrogens is 1. The minimum absolute atomic E-state index is 0.457. The number of aryl methyl sites for hydroxylation is 2. The fourth-order valence-electron chi connectivity index (χ4n) is 2.71. The van der Waals surface area contributed by atoms with Crippen molar-refractivity contribution in [2.75, 3.05) is 6.54 Å². The second kappa shape index (κ2) is 6.57. The van der Waals surface area contributed by atoms with Crippen molar-refractivity contribution in [1.82, 2.24) is 10.3 Å². The van der Waals surface area contributed by atoms with E-state index in [0.717, 1.165) is 18.6 Å². The summed E-state index contributed by atoms with van der Waals surface area (Å²) >= 11 is 0. The summed E-state index contributed by atoms with van der Waals surface area (Å²) in [6, 6.07) is 6.77. The van der Waals surface area contributed by atoms with E-state index < -0.39 is 0 Å². The van der Waals surface area contributed by atoms with Crippen LogP contribution in [0.4, 0.5) is 0 Å². The Morgan fingerprint density at radius 2 is 1.76 bits per heavy atom. The average Bonchev–Trinajstić information content (AvgIpc) is 2.38. The maximum absolute atomic E-state index is 4.89. The molecule has 0 radical (unpaired) electrons. The molecule has 1 aromatic heterocycles. The van der Waals surface area contributed by atoms with E-state index in [-0.39, 0.29) is 0 Å². The lowest BCUT2D eigenvalue weighted by Crippen LogP contribution is -2.19. The molecule has 0 spiro atoms. The van der Waals surface area contributed by atoms with Gasteiger partial charge in [0.15, 0.2) is 0 Å². The molecule has 0 saturated heterocycles. The molecule has 2 heteroatoms. The third-order valence-corrected chi connectivity index (χ3v) is 3.81. The van der Waals surface area contributed by atoms with Crippen LogP contribution in [-0.4, -0.2) is 11.5 Å². The van der Waals surface area contributed by atoms with Crippen LogP contribution in [0.15, 0.2) is 18.2 Å². The van der Waals surface area contributed by atoms with Gasteiger partial charge in [-0.15, -0.1) is 0 Å². The zero-order chi connectivity index (χ0) is 15.6. The number of fused-ring (bicyclic) bond motifs is 1. The first-order valence-corrected chi connectivity index (χ1v) is 8.00. The van der Waals surface area contributed by atoms with Crippen LogP contribution in [0.5, 0.6) is 0 Å². The summed E-state index contributed by atoms with van der Waals surface area (Å²) in [4.78, 5) is 4.89. The number of hydrogen-bond donors (Lipinski definition) is 1. The maximum atomic E-state index is 4.89. The van der Waals surface area contributed by atoms with Crippen LogP contribution in [0.3, 0.4) is 0 Å². The van der Waals surface area contributed by atoms with Gasteiger partial charge in [0.1, 0.15) is 0 Å². The molecule has 2 rings (SSSR count). The molecule has 1 aromatic carbocycles. The monoisotopic (exact) mass is 284 g/mol. The van der Waals surface area contributed by atoms with Gasteiger partial charge in [0.25, 0.3) is 0 Å². The third kappa shape index (κ3) is 3.82. The molecule has 0 fully saturated rings. The first kappa shape index (κ1) is 16.0. The Morgan fingerprint density at radius 1 is 1.05 bits per heavy atom. The average molecular weight is 284 g/mol. The maximum Gasteiger partial charge on any atom is 0.0738 e. The van der Waals surface area contributed by atoms with E-state index in [1.165, 1.54) is 27.8 Å². The Labute approximate surface area is 129 Å². The van der Waals surface area contributed by atoms with E-state index in [9.17, 15) is 0 Å². The van der Waals surface area contributed by atoms with Gasteiger partial charge in [-0.3, -0.25) is 4.98 Å². The van der Waals surface area contributed by atoms with Crippen LogP contribution in [0, 0.1) is 19.8 Å². The molecule has 0 unspecified atom stereocenters. The van der Waals surface area contributed by atoms with Gasteiger partial charge in [0.2, 0.25) is 0 Å². The standard InChI is InChI=1S/C19H28N2/c1-12(2)10-20-11-16-9-18(13(3)4)21-19-15(6)7-14(5)8-17(16)19/h7-9,12-13,20H,10-11H2,1-6H3. The molecular formula is C19H28N2. The number of rotatable bonds is 5. The molecule has 0 aliphatic heterocycles. The molecule has 0 saturated carbocycles. The van der Waals surface area contributed by atoms with Gasteiger partial charge < -0.3 is 5.32 Å². The van der Waals surface area contributed by atoms with Gasteiger partial charge >= 0.3 is 0 Å². The van der Waals surface area contributed by atoms with Crippen molar-refractivity contribution in [3.8, 4) is 0 Å². The summed E-state index contributed by atoms with van der Waals surface area (Å²) in [6.45, 7) is 15.2. The minimum atomic E-state index is 0.457. The molecule has 1 N–H and O–H groups in total. The highest BCUT2D eigenvalue weighted by molar-refractivity contribution is 5.86. The van der Waals surface area contributed by atoms with Gasteiger partial charge in [-0.05, 0) is 55.5 Å². The van der Waals surface area contributed by atoms with E-state index >= 15 is 0 Å². The highest BCUT2D eigenvalue weighted by Gasteiger charge is 2.11. The van der Waals surface area contributed by atoms with E-state index in [1.54, 1.807) is 0 Å². The quantitative estimate of drug-likeness (QED) is 0.859. The fourth-order valence-corrected chi connectivity index (χ4v) is 2.71. The smallest absolute Gasteiger partial charge is 0.0738 e. The lowest BCUT2D eigenvalue weighted by Gasteiger charge is -2.15. The van der Waals surface area contributed by atoms with Crippen molar-refractivity contribution >= 4 is 10.9 Å². The van der Waals surface area contributed by atoms with Gasteiger partial charge in [0.05, 0.1) is 5.52 Å². The van der Waals surface area contributed by atoms with Crippen molar-refractivity contribution in [2.45, 2.75) is 54.0 Å². The third-order valence-electron chi connectivity index (χ3n) is 3.81. The summed E-state index contributed by atoms with van der Waals surface area (Å²) < 4.78 is 0. The Hall–Kier alpha value is -1.41. The number of nitrogens with one attached hydrogen (secondary N) is 1. The first-order valence-electron chi connectivity index (χ1n) is 8.00. The molecule has 0 amide bonds. The number of nitrogens with zero attached hydrogens (tertiary/aromatic N) is 1. The predicted octanol–water partition coefficient (Wildman–Crippen LogP) is 4.72. The summed E-state index contributed by atoms with van der Waals surface area (Å²) in [5.41, 5.74) is 6.31. The van der Waals surface area contributed by atoms with Gasteiger partial charge in [-0.2, -0.15) is 0 Å².